The summed E-state index contributed by atoms with van der Waals surface area (Å²) >= 11 is 1.76. The van der Waals surface area contributed by atoms with Crippen molar-refractivity contribution in [2.75, 3.05) is 0 Å². The molecule has 0 aliphatic carbocycles. The van der Waals surface area contributed by atoms with Gasteiger partial charge >= 0.3 is 129 Å². The van der Waals surface area contributed by atoms with Gasteiger partial charge in [-0.25, -0.2) is 0 Å². The van der Waals surface area contributed by atoms with Crippen molar-refractivity contribution in [2.24, 2.45) is 0 Å². The summed E-state index contributed by atoms with van der Waals surface area (Å²) in [6.07, 6.45) is 0. The number of benzene rings is 2. The van der Waals surface area contributed by atoms with Gasteiger partial charge in [-0.1, -0.05) is 0 Å². The molecule has 21 heavy (non-hydrogen) atoms. The molecular weight excluding hydrogens is 355 g/mol. The van der Waals surface area contributed by atoms with E-state index < -0.39 is 8.07 Å². The van der Waals surface area contributed by atoms with E-state index >= 15 is 0 Å². The Bertz CT molecular complexity index is 583. The summed E-state index contributed by atoms with van der Waals surface area (Å²) in [6.45, 7) is 9.29. The SMILES string of the molecule is Cc1cc([O][Ti+2])c(-c2ccccc2)c([Si](C)(C)C)c1.[Cl-].[Cl-]. The molecular formula is C16H19Cl2OSiTi. The smallest absolute Gasteiger partial charge is 1.00 e. The standard InChI is InChI=1S/C16H20OSi.2ClH.Ti/c1-12-10-14(17)16(13-8-6-5-7-9-13)15(11-12)18(2,3)4;;;/h5-11,17H,1-4H3;2*1H;/q;;;+3/p-3. The maximum Gasteiger partial charge on any atom is -1.00 e. The molecule has 0 amide bonds. The second-order valence-electron chi connectivity index (χ2n) is 5.90. The molecule has 0 bridgehead atoms. The van der Waals surface area contributed by atoms with Gasteiger partial charge in [0.25, 0.3) is 0 Å². The van der Waals surface area contributed by atoms with Crippen LogP contribution in [0, 0.1) is 6.92 Å². The Morgan fingerprint density at radius 2 is 1.52 bits per heavy atom. The van der Waals surface area contributed by atoms with Crippen LogP contribution < -0.4 is 33.3 Å². The van der Waals surface area contributed by atoms with Gasteiger partial charge in [-0.15, -0.1) is 0 Å². The number of aryl methyl sites for hydroxylation is 1. The Morgan fingerprint density at radius 1 is 0.952 bits per heavy atom. The molecule has 111 valence electrons. The fraction of sp³-hybridized carbons (Fsp3) is 0.250. The number of hydrogen-bond acceptors (Lipinski definition) is 1. The average molecular weight is 374 g/mol. The van der Waals surface area contributed by atoms with Crippen molar-refractivity contribution in [3.8, 4) is 16.9 Å². The van der Waals surface area contributed by atoms with Gasteiger partial charge in [0.2, 0.25) is 0 Å². The van der Waals surface area contributed by atoms with Gasteiger partial charge in [-0.2, -0.15) is 0 Å². The molecule has 0 heterocycles. The van der Waals surface area contributed by atoms with Crippen LogP contribution >= 0.6 is 0 Å². The van der Waals surface area contributed by atoms with E-state index in [-0.39, 0.29) is 24.8 Å². The van der Waals surface area contributed by atoms with Gasteiger partial charge in [0, 0.05) is 0 Å². The molecule has 0 aliphatic rings. The Labute approximate surface area is 153 Å². The number of hydrogen-bond donors (Lipinski definition) is 0. The minimum atomic E-state index is -1.42. The van der Waals surface area contributed by atoms with Gasteiger partial charge < -0.3 is 24.8 Å². The zero-order valence-corrected chi connectivity index (χ0v) is 16.8. The zero-order valence-electron chi connectivity index (χ0n) is 12.7. The maximum atomic E-state index is 5.64. The van der Waals surface area contributed by atoms with Crippen molar-refractivity contribution >= 4 is 13.3 Å². The molecule has 0 fully saturated rings. The Hall–Kier alpha value is -0.249. The van der Waals surface area contributed by atoms with Crippen LogP contribution in [0.25, 0.3) is 11.1 Å². The Kier molecular flexibility index (Phi) is 8.30. The van der Waals surface area contributed by atoms with E-state index in [2.05, 4.69) is 69.0 Å². The minimum absolute atomic E-state index is 0. The molecule has 0 aromatic heterocycles. The van der Waals surface area contributed by atoms with Gasteiger partial charge in [0.15, 0.2) is 0 Å². The summed E-state index contributed by atoms with van der Waals surface area (Å²) in [4.78, 5) is 0. The van der Waals surface area contributed by atoms with Crippen molar-refractivity contribution in [3.63, 3.8) is 0 Å². The second-order valence-corrected chi connectivity index (χ2v) is 11.3. The van der Waals surface area contributed by atoms with Crippen LogP contribution in [0.1, 0.15) is 5.56 Å². The molecule has 2 aromatic rings. The van der Waals surface area contributed by atoms with E-state index in [0.29, 0.717) is 0 Å². The first-order chi connectivity index (χ1) is 8.93. The summed E-state index contributed by atoms with van der Waals surface area (Å²) in [5, 5.41) is 1.47. The molecule has 2 rings (SSSR count). The fourth-order valence-electron chi connectivity index (χ4n) is 2.33. The van der Waals surface area contributed by atoms with Crippen molar-refractivity contribution < 1.29 is 49.0 Å². The van der Waals surface area contributed by atoms with Crippen LogP contribution in [-0.2, 0) is 20.8 Å². The molecule has 0 unspecified atom stereocenters. The summed E-state index contributed by atoms with van der Waals surface area (Å²) in [7, 11) is -1.42. The molecule has 1 nitrogen and oxygen atoms in total. The topological polar surface area (TPSA) is 9.23 Å². The molecule has 2 aromatic carbocycles. The first-order valence-electron chi connectivity index (χ1n) is 6.47. The van der Waals surface area contributed by atoms with Crippen LogP contribution in [0.2, 0.25) is 19.6 Å². The van der Waals surface area contributed by atoms with E-state index in [1.165, 1.54) is 21.9 Å². The van der Waals surface area contributed by atoms with Crippen LogP contribution in [0.5, 0.6) is 5.75 Å². The summed E-state index contributed by atoms with van der Waals surface area (Å²) in [5.74, 6) is 0.989. The van der Waals surface area contributed by atoms with Crippen molar-refractivity contribution in [3.05, 3.63) is 48.0 Å². The van der Waals surface area contributed by atoms with Crippen molar-refractivity contribution in [1.29, 1.82) is 0 Å². The first kappa shape index (κ1) is 20.8. The molecule has 5 heteroatoms. The van der Waals surface area contributed by atoms with E-state index in [0.717, 1.165) is 5.75 Å². The van der Waals surface area contributed by atoms with Gasteiger partial charge in [0.1, 0.15) is 0 Å². The maximum absolute atomic E-state index is 5.64. The Balaban J connectivity index is 0.00000200. The second kappa shape index (κ2) is 8.40. The first-order valence-corrected chi connectivity index (χ1v) is 10.6. The molecule has 0 radical (unpaired) electrons. The van der Waals surface area contributed by atoms with Crippen molar-refractivity contribution in [1.82, 2.24) is 0 Å². The van der Waals surface area contributed by atoms with Crippen LogP contribution in [0.15, 0.2) is 42.5 Å². The van der Waals surface area contributed by atoms with Crippen molar-refractivity contribution in [2.45, 2.75) is 26.6 Å². The monoisotopic (exact) mass is 373 g/mol. The summed E-state index contributed by atoms with van der Waals surface area (Å²) in [6, 6.07) is 15.0. The third-order valence-corrected chi connectivity index (χ3v) is 5.58. The zero-order chi connectivity index (χ0) is 14.0. The summed E-state index contributed by atoms with van der Waals surface area (Å²) < 4.78 is 5.64. The number of rotatable bonds is 3. The molecule has 0 N–H and O–H groups in total. The third kappa shape index (κ3) is 4.87. The molecule has 0 saturated carbocycles. The quantitative estimate of drug-likeness (QED) is 0.568. The van der Waals surface area contributed by atoms with Crippen LogP contribution in [0.3, 0.4) is 0 Å². The predicted molar refractivity (Wildman–Crippen MR) is 80.2 cm³/mol. The Morgan fingerprint density at radius 3 is 2.00 bits per heavy atom. The molecule has 0 atom stereocenters. The predicted octanol–water partition coefficient (Wildman–Crippen LogP) is -1.94. The molecule has 0 aliphatic heterocycles. The average Bonchev–Trinajstić information content (AvgIpc) is 2.37. The fourth-order valence-corrected chi connectivity index (χ4v) is 4.26. The van der Waals surface area contributed by atoms with E-state index in [9.17, 15) is 0 Å². The van der Waals surface area contributed by atoms with E-state index in [1.807, 2.05) is 0 Å². The van der Waals surface area contributed by atoms with E-state index in [4.69, 9.17) is 3.32 Å². The van der Waals surface area contributed by atoms with Crippen LogP contribution in [-0.4, -0.2) is 8.07 Å². The molecule has 0 saturated heterocycles. The third-order valence-electron chi connectivity index (χ3n) is 3.23. The van der Waals surface area contributed by atoms with Crippen LogP contribution in [0.4, 0.5) is 0 Å². The number of halogens is 2. The summed E-state index contributed by atoms with van der Waals surface area (Å²) in [5.41, 5.74) is 3.79. The van der Waals surface area contributed by atoms with Gasteiger partial charge in [-0.3, -0.25) is 0 Å². The minimum Gasteiger partial charge on any atom is -1.00 e. The van der Waals surface area contributed by atoms with Gasteiger partial charge in [-0.05, 0) is 0 Å². The van der Waals surface area contributed by atoms with E-state index in [1.54, 1.807) is 20.8 Å². The van der Waals surface area contributed by atoms with Gasteiger partial charge in [0.05, 0.1) is 0 Å². The normalized spacial score (nSPS) is 10.4. The largest absolute Gasteiger partial charge is 1.00 e. The molecule has 0 spiro atoms.